The van der Waals surface area contributed by atoms with Crippen LogP contribution in [0.4, 0.5) is 16.2 Å². The number of anilines is 1. The number of rotatable bonds is 5. The SMILES string of the molecule is O=C(CN1C(=O)COc2ccc([N+](=O)[O-])cc21)NC1CCN(C(=O)NC2CCCCC2)CC1. The third-order valence-electron chi connectivity index (χ3n) is 6.48. The van der Waals surface area contributed by atoms with Gasteiger partial charge in [0, 0.05) is 37.3 Å². The number of benzene rings is 1. The molecular formula is C22H29N5O6. The second kappa shape index (κ2) is 10.1. The standard InChI is InChI=1S/C22H29N5O6/c28-20(13-26-18-12-17(27(31)32)6-7-19(18)33-14-21(26)29)23-16-8-10-25(11-9-16)22(30)24-15-4-2-1-3-5-15/h6-7,12,15-16H,1-5,8-11,13-14H2,(H,23,28)(H,24,30). The van der Waals surface area contributed by atoms with E-state index in [2.05, 4.69) is 10.6 Å². The van der Waals surface area contributed by atoms with Gasteiger partial charge in [-0.05, 0) is 31.7 Å². The van der Waals surface area contributed by atoms with Crippen LogP contribution in [0.25, 0.3) is 0 Å². The van der Waals surface area contributed by atoms with Crippen molar-refractivity contribution in [2.75, 3.05) is 31.1 Å². The minimum atomic E-state index is -0.560. The highest BCUT2D eigenvalue weighted by Gasteiger charge is 2.31. The molecular weight excluding hydrogens is 430 g/mol. The van der Waals surface area contributed by atoms with Crippen LogP contribution in [0, 0.1) is 10.1 Å². The zero-order chi connectivity index (χ0) is 23.4. The lowest BCUT2D eigenvalue weighted by Crippen LogP contribution is -2.53. The molecule has 0 aromatic heterocycles. The molecule has 0 unspecified atom stereocenters. The highest BCUT2D eigenvalue weighted by atomic mass is 16.6. The maximum Gasteiger partial charge on any atom is 0.317 e. The number of piperidine rings is 1. The number of nitro benzene ring substituents is 1. The molecule has 1 aliphatic carbocycles. The number of hydrogen-bond acceptors (Lipinski definition) is 6. The average molecular weight is 460 g/mol. The summed E-state index contributed by atoms with van der Waals surface area (Å²) in [5.41, 5.74) is 0.0288. The molecule has 0 bridgehead atoms. The number of carbonyl (C=O) groups excluding carboxylic acids is 3. The van der Waals surface area contributed by atoms with E-state index in [-0.39, 0.29) is 48.5 Å². The first kappa shape index (κ1) is 22.8. The number of nitrogens with zero attached hydrogens (tertiary/aromatic N) is 3. The van der Waals surface area contributed by atoms with Gasteiger partial charge < -0.3 is 20.3 Å². The van der Waals surface area contributed by atoms with E-state index < -0.39 is 10.8 Å². The third-order valence-corrected chi connectivity index (χ3v) is 6.48. The molecule has 1 saturated heterocycles. The molecule has 1 aromatic rings. The summed E-state index contributed by atoms with van der Waals surface area (Å²) in [5, 5.41) is 17.1. The maximum atomic E-state index is 12.7. The number of carbonyl (C=O) groups is 3. The maximum absolute atomic E-state index is 12.7. The van der Waals surface area contributed by atoms with E-state index in [0.717, 1.165) is 25.7 Å². The van der Waals surface area contributed by atoms with E-state index in [9.17, 15) is 24.5 Å². The normalized spacial score (nSPS) is 19.5. The topological polar surface area (TPSA) is 134 Å². The summed E-state index contributed by atoms with van der Waals surface area (Å²) in [6.07, 6.45) is 6.86. The number of ether oxygens (including phenoxy) is 1. The largest absolute Gasteiger partial charge is 0.482 e. The first-order valence-electron chi connectivity index (χ1n) is 11.5. The summed E-state index contributed by atoms with van der Waals surface area (Å²) in [5.74, 6) is -0.467. The van der Waals surface area contributed by atoms with Gasteiger partial charge in [-0.3, -0.25) is 24.6 Å². The number of nitro groups is 1. The molecule has 1 saturated carbocycles. The predicted molar refractivity (Wildman–Crippen MR) is 119 cm³/mol. The molecule has 0 atom stereocenters. The average Bonchev–Trinajstić information content (AvgIpc) is 2.81. The van der Waals surface area contributed by atoms with Crippen molar-refractivity contribution in [1.82, 2.24) is 15.5 Å². The van der Waals surface area contributed by atoms with Crippen molar-refractivity contribution in [2.24, 2.45) is 0 Å². The van der Waals surface area contributed by atoms with Crippen molar-refractivity contribution in [2.45, 2.75) is 57.0 Å². The van der Waals surface area contributed by atoms with Crippen LogP contribution < -0.4 is 20.3 Å². The lowest BCUT2D eigenvalue weighted by atomic mass is 9.95. The van der Waals surface area contributed by atoms with Crippen molar-refractivity contribution in [3.63, 3.8) is 0 Å². The molecule has 11 heteroatoms. The summed E-state index contributed by atoms with van der Waals surface area (Å²) in [6, 6.07) is 4.08. The lowest BCUT2D eigenvalue weighted by Gasteiger charge is -2.34. The highest BCUT2D eigenvalue weighted by molar-refractivity contribution is 6.02. The highest BCUT2D eigenvalue weighted by Crippen LogP contribution is 2.35. The summed E-state index contributed by atoms with van der Waals surface area (Å²) in [4.78, 5) is 51.1. The predicted octanol–water partition coefficient (Wildman–Crippen LogP) is 1.94. The number of likely N-dealkylation sites (tertiary alicyclic amines) is 1. The van der Waals surface area contributed by atoms with E-state index >= 15 is 0 Å². The second-order valence-corrected chi connectivity index (χ2v) is 8.79. The number of amides is 4. The van der Waals surface area contributed by atoms with E-state index in [0.29, 0.717) is 31.7 Å². The van der Waals surface area contributed by atoms with Gasteiger partial charge in [0.05, 0.1) is 10.6 Å². The molecule has 3 aliphatic rings. The summed E-state index contributed by atoms with van der Waals surface area (Å²) in [7, 11) is 0. The van der Waals surface area contributed by atoms with Gasteiger partial charge in [0.15, 0.2) is 6.61 Å². The molecule has 11 nitrogen and oxygen atoms in total. The zero-order valence-corrected chi connectivity index (χ0v) is 18.5. The Bertz CT molecular complexity index is 924. The minimum Gasteiger partial charge on any atom is -0.482 e. The first-order valence-corrected chi connectivity index (χ1v) is 11.5. The van der Waals surface area contributed by atoms with Gasteiger partial charge in [-0.25, -0.2) is 4.79 Å². The van der Waals surface area contributed by atoms with E-state index in [1.54, 1.807) is 4.90 Å². The van der Waals surface area contributed by atoms with Gasteiger partial charge in [0.25, 0.3) is 11.6 Å². The Morgan fingerprint density at radius 2 is 1.76 bits per heavy atom. The summed E-state index contributed by atoms with van der Waals surface area (Å²) < 4.78 is 5.33. The molecule has 0 spiro atoms. The molecule has 178 valence electrons. The Labute approximate surface area is 191 Å². The second-order valence-electron chi connectivity index (χ2n) is 8.79. The molecule has 2 N–H and O–H groups in total. The van der Waals surface area contributed by atoms with Gasteiger partial charge in [0.1, 0.15) is 12.3 Å². The summed E-state index contributed by atoms with van der Waals surface area (Å²) >= 11 is 0. The quantitative estimate of drug-likeness (QED) is 0.511. The van der Waals surface area contributed by atoms with Crippen LogP contribution in [0.15, 0.2) is 18.2 Å². The van der Waals surface area contributed by atoms with Crippen LogP contribution in [0.3, 0.4) is 0 Å². The number of hydrogen-bond donors (Lipinski definition) is 2. The minimum absolute atomic E-state index is 0.0382. The third kappa shape index (κ3) is 5.52. The fourth-order valence-electron chi connectivity index (χ4n) is 4.63. The van der Waals surface area contributed by atoms with Crippen LogP contribution in [-0.4, -0.2) is 66.0 Å². The smallest absolute Gasteiger partial charge is 0.317 e. The Kier molecular flexibility index (Phi) is 6.95. The number of urea groups is 1. The fourth-order valence-corrected chi connectivity index (χ4v) is 4.63. The number of nitrogens with one attached hydrogen (secondary N) is 2. The van der Waals surface area contributed by atoms with Crippen molar-refractivity contribution in [3.8, 4) is 5.75 Å². The van der Waals surface area contributed by atoms with Gasteiger partial charge in [-0.1, -0.05) is 19.3 Å². The fraction of sp³-hybridized carbons (Fsp3) is 0.591. The Morgan fingerprint density at radius 3 is 2.45 bits per heavy atom. The zero-order valence-electron chi connectivity index (χ0n) is 18.5. The van der Waals surface area contributed by atoms with Crippen LogP contribution in [0.2, 0.25) is 0 Å². The number of fused-ring (bicyclic) bond motifs is 1. The number of non-ortho nitro benzene ring substituents is 1. The van der Waals surface area contributed by atoms with Gasteiger partial charge in [0.2, 0.25) is 5.91 Å². The molecule has 0 radical (unpaired) electrons. The van der Waals surface area contributed by atoms with Crippen molar-refractivity contribution in [1.29, 1.82) is 0 Å². The van der Waals surface area contributed by atoms with Crippen LogP contribution in [0.1, 0.15) is 44.9 Å². The monoisotopic (exact) mass is 459 g/mol. The molecule has 2 aliphatic heterocycles. The van der Waals surface area contributed by atoms with Crippen LogP contribution in [-0.2, 0) is 9.59 Å². The van der Waals surface area contributed by atoms with Gasteiger partial charge in [-0.2, -0.15) is 0 Å². The lowest BCUT2D eigenvalue weighted by molar-refractivity contribution is -0.384. The molecule has 4 rings (SSSR count). The Morgan fingerprint density at radius 1 is 1.06 bits per heavy atom. The molecule has 2 fully saturated rings. The van der Waals surface area contributed by atoms with Crippen LogP contribution in [0.5, 0.6) is 5.75 Å². The van der Waals surface area contributed by atoms with Gasteiger partial charge in [-0.15, -0.1) is 0 Å². The van der Waals surface area contributed by atoms with Crippen LogP contribution >= 0.6 is 0 Å². The first-order chi connectivity index (χ1) is 15.9. The van der Waals surface area contributed by atoms with E-state index in [1.807, 2.05) is 0 Å². The van der Waals surface area contributed by atoms with E-state index in [4.69, 9.17) is 4.74 Å². The molecule has 1 aromatic carbocycles. The van der Waals surface area contributed by atoms with Crippen molar-refractivity contribution < 1.29 is 24.0 Å². The Hall–Kier alpha value is -3.37. The Balaban J connectivity index is 1.28. The van der Waals surface area contributed by atoms with Gasteiger partial charge >= 0.3 is 6.03 Å². The summed E-state index contributed by atoms with van der Waals surface area (Å²) in [6.45, 7) is 0.620. The molecule has 4 amide bonds. The molecule has 33 heavy (non-hydrogen) atoms. The van der Waals surface area contributed by atoms with Crippen molar-refractivity contribution >= 4 is 29.2 Å². The van der Waals surface area contributed by atoms with E-state index in [1.165, 1.54) is 29.5 Å². The van der Waals surface area contributed by atoms with Crippen molar-refractivity contribution in [3.05, 3.63) is 28.3 Å². The molecule has 2 heterocycles.